The molecular weight excluding hydrogens is 763 g/mol. The summed E-state index contributed by atoms with van der Waals surface area (Å²) in [5.74, 6) is 1.52. The van der Waals surface area contributed by atoms with E-state index in [2.05, 4.69) is 223 Å². The van der Waals surface area contributed by atoms with E-state index in [1.165, 1.54) is 77.5 Å². The Labute approximate surface area is 365 Å². The standard InChI is InChI=1S/C60H37N3/c1-3-19-38(20-4-1)54-37-57(62-58(61-54)39-21-5-2-6-22-39)63-55-34-18-11-27-44(55)45-35-52-53(36-56(45)63)60(48-30-14-9-25-42(48)43-26-10-15-31-49(43)60)51-33-17-16-32-50(51)59(52)46-28-12-7-23-40(46)41-24-8-13-29-47(41)59/h1-37H. The Bertz CT molecular complexity index is 3540. The van der Waals surface area contributed by atoms with E-state index < -0.39 is 10.8 Å². The lowest BCUT2D eigenvalue weighted by Gasteiger charge is -2.49. The van der Waals surface area contributed by atoms with E-state index in [1.807, 2.05) is 6.07 Å². The third-order valence-electron chi connectivity index (χ3n) is 14.3. The molecule has 0 amide bonds. The number of para-hydroxylation sites is 1. The summed E-state index contributed by atoms with van der Waals surface area (Å²) in [4.78, 5) is 10.7. The molecule has 0 fully saturated rings. The molecule has 2 heterocycles. The van der Waals surface area contributed by atoms with Crippen molar-refractivity contribution in [3.05, 3.63) is 269 Å². The number of hydrogen-bond acceptors (Lipinski definition) is 2. The van der Waals surface area contributed by atoms with Crippen LogP contribution in [-0.2, 0) is 10.8 Å². The molecule has 3 aliphatic rings. The molecule has 14 rings (SSSR count). The highest BCUT2D eigenvalue weighted by Gasteiger charge is 2.59. The molecule has 63 heavy (non-hydrogen) atoms. The summed E-state index contributed by atoms with van der Waals surface area (Å²) < 4.78 is 2.40. The van der Waals surface area contributed by atoms with Crippen molar-refractivity contribution in [3.8, 4) is 50.7 Å². The fraction of sp³-hybridized carbons (Fsp3) is 0.0333. The van der Waals surface area contributed by atoms with E-state index >= 15 is 0 Å². The van der Waals surface area contributed by atoms with Gasteiger partial charge in [0.2, 0.25) is 0 Å². The molecule has 292 valence electrons. The molecule has 0 radical (unpaired) electrons. The normalized spacial score (nSPS) is 14.3. The first-order chi connectivity index (χ1) is 31.3. The monoisotopic (exact) mass is 799 g/mol. The molecule has 0 saturated heterocycles. The summed E-state index contributed by atoms with van der Waals surface area (Å²) in [6.45, 7) is 0. The van der Waals surface area contributed by atoms with Crippen LogP contribution in [0.1, 0.15) is 44.5 Å². The second-order valence-corrected chi connectivity index (χ2v) is 17.2. The number of fused-ring (bicyclic) bond motifs is 19. The number of aromatic nitrogens is 3. The van der Waals surface area contributed by atoms with Crippen molar-refractivity contribution in [2.24, 2.45) is 0 Å². The van der Waals surface area contributed by atoms with Crippen LogP contribution < -0.4 is 0 Å². The third-order valence-corrected chi connectivity index (χ3v) is 14.3. The molecule has 9 aromatic carbocycles. The maximum atomic E-state index is 5.46. The number of nitrogens with zero attached hydrogens (tertiary/aromatic N) is 3. The summed E-state index contributed by atoms with van der Waals surface area (Å²) in [6, 6.07) is 82.9. The van der Waals surface area contributed by atoms with Crippen LogP contribution in [0.5, 0.6) is 0 Å². The van der Waals surface area contributed by atoms with Crippen LogP contribution in [0.2, 0.25) is 0 Å². The molecule has 0 saturated carbocycles. The number of benzene rings is 9. The fourth-order valence-electron chi connectivity index (χ4n) is 12.0. The van der Waals surface area contributed by atoms with Crippen molar-refractivity contribution in [2.75, 3.05) is 0 Å². The molecule has 2 spiro atoms. The van der Waals surface area contributed by atoms with Crippen LogP contribution in [0, 0.1) is 0 Å². The highest BCUT2D eigenvalue weighted by atomic mass is 15.1. The average molecular weight is 800 g/mol. The van der Waals surface area contributed by atoms with Gasteiger partial charge in [-0.25, -0.2) is 9.97 Å². The topological polar surface area (TPSA) is 30.7 Å². The van der Waals surface area contributed by atoms with Crippen LogP contribution in [0.4, 0.5) is 0 Å². The lowest BCUT2D eigenvalue weighted by Crippen LogP contribution is -2.43. The maximum Gasteiger partial charge on any atom is 0.162 e. The zero-order chi connectivity index (χ0) is 41.3. The van der Waals surface area contributed by atoms with E-state index in [-0.39, 0.29) is 0 Å². The fourth-order valence-corrected chi connectivity index (χ4v) is 12.0. The highest BCUT2D eigenvalue weighted by Crippen LogP contribution is 2.68. The Morgan fingerprint density at radius 3 is 1.27 bits per heavy atom. The van der Waals surface area contributed by atoms with Crippen molar-refractivity contribution in [1.82, 2.24) is 14.5 Å². The zero-order valence-electron chi connectivity index (χ0n) is 34.2. The van der Waals surface area contributed by atoms with Crippen molar-refractivity contribution >= 4 is 21.8 Å². The Hall–Kier alpha value is -8.14. The lowest BCUT2D eigenvalue weighted by molar-refractivity contribution is 0.634. The minimum absolute atomic E-state index is 0.579. The van der Waals surface area contributed by atoms with Gasteiger partial charge in [-0.15, -0.1) is 0 Å². The summed E-state index contributed by atoms with van der Waals surface area (Å²) >= 11 is 0. The Morgan fingerprint density at radius 2 is 0.730 bits per heavy atom. The van der Waals surface area contributed by atoms with Gasteiger partial charge in [-0.2, -0.15) is 0 Å². The molecule has 3 nitrogen and oxygen atoms in total. The largest absolute Gasteiger partial charge is 0.294 e. The first kappa shape index (κ1) is 34.6. The van der Waals surface area contributed by atoms with Gasteiger partial charge in [0.05, 0.1) is 27.6 Å². The van der Waals surface area contributed by atoms with Gasteiger partial charge in [0, 0.05) is 28.0 Å². The van der Waals surface area contributed by atoms with Crippen molar-refractivity contribution in [1.29, 1.82) is 0 Å². The molecule has 3 aliphatic carbocycles. The van der Waals surface area contributed by atoms with Gasteiger partial charge in [-0.3, -0.25) is 4.57 Å². The SMILES string of the molecule is c1ccc(-c2cc(-n3c4ccccc4c4cc5c(cc43)C3(c4ccccc4-c4ccccc43)c3ccccc3C53c4ccccc4-c4ccccc43)nc(-c3ccccc3)n2)cc1. The molecule has 0 unspecified atom stereocenters. The van der Waals surface area contributed by atoms with Gasteiger partial charge >= 0.3 is 0 Å². The molecular formula is C60H37N3. The Balaban J connectivity index is 1.19. The van der Waals surface area contributed by atoms with Gasteiger partial charge in [-0.05, 0) is 85.0 Å². The van der Waals surface area contributed by atoms with Gasteiger partial charge in [0.25, 0.3) is 0 Å². The summed E-state index contributed by atoms with van der Waals surface area (Å²) in [5, 5.41) is 2.38. The van der Waals surface area contributed by atoms with Crippen LogP contribution >= 0.6 is 0 Å². The quantitative estimate of drug-likeness (QED) is 0.178. The van der Waals surface area contributed by atoms with E-state index in [1.54, 1.807) is 0 Å². The zero-order valence-corrected chi connectivity index (χ0v) is 34.2. The second-order valence-electron chi connectivity index (χ2n) is 17.2. The van der Waals surface area contributed by atoms with E-state index in [0.717, 1.165) is 33.7 Å². The average Bonchev–Trinajstić information content (AvgIpc) is 3.96. The van der Waals surface area contributed by atoms with Crippen molar-refractivity contribution in [3.63, 3.8) is 0 Å². The molecule has 2 aromatic heterocycles. The third kappa shape index (κ3) is 4.38. The summed E-state index contributed by atoms with van der Waals surface area (Å²) in [5.41, 5.74) is 19.6. The van der Waals surface area contributed by atoms with E-state index in [0.29, 0.717) is 5.82 Å². The first-order valence-electron chi connectivity index (χ1n) is 21.8. The lowest BCUT2D eigenvalue weighted by atomic mass is 9.52. The molecule has 3 heteroatoms. The van der Waals surface area contributed by atoms with Crippen LogP contribution in [-0.4, -0.2) is 14.5 Å². The van der Waals surface area contributed by atoms with Crippen LogP contribution in [0.15, 0.2) is 224 Å². The van der Waals surface area contributed by atoms with Gasteiger partial charge < -0.3 is 0 Å². The minimum atomic E-state index is -0.609. The van der Waals surface area contributed by atoms with Gasteiger partial charge in [0.1, 0.15) is 5.82 Å². The predicted octanol–water partition coefficient (Wildman–Crippen LogP) is 13.9. The summed E-state index contributed by atoms with van der Waals surface area (Å²) in [7, 11) is 0. The summed E-state index contributed by atoms with van der Waals surface area (Å²) in [6.07, 6.45) is 0. The predicted molar refractivity (Wildman–Crippen MR) is 255 cm³/mol. The molecule has 0 aliphatic heterocycles. The van der Waals surface area contributed by atoms with Gasteiger partial charge in [-0.1, -0.05) is 200 Å². The number of rotatable bonds is 3. The smallest absolute Gasteiger partial charge is 0.162 e. The first-order valence-corrected chi connectivity index (χ1v) is 21.8. The van der Waals surface area contributed by atoms with Crippen LogP contribution in [0.25, 0.3) is 72.5 Å². The minimum Gasteiger partial charge on any atom is -0.294 e. The number of hydrogen-bond donors (Lipinski definition) is 0. The van der Waals surface area contributed by atoms with E-state index in [4.69, 9.17) is 9.97 Å². The maximum absolute atomic E-state index is 5.46. The Morgan fingerprint density at radius 1 is 0.302 bits per heavy atom. The van der Waals surface area contributed by atoms with Crippen molar-refractivity contribution in [2.45, 2.75) is 10.8 Å². The highest BCUT2D eigenvalue weighted by molar-refractivity contribution is 6.11. The Kier molecular flexibility index (Phi) is 6.97. The molecule has 11 aromatic rings. The molecule has 0 bridgehead atoms. The van der Waals surface area contributed by atoms with E-state index in [9.17, 15) is 0 Å². The van der Waals surface area contributed by atoms with Crippen LogP contribution in [0.3, 0.4) is 0 Å². The van der Waals surface area contributed by atoms with Gasteiger partial charge in [0.15, 0.2) is 5.82 Å². The molecule has 0 atom stereocenters. The molecule has 0 N–H and O–H groups in total. The second kappa shape index (κ2) is 12.7. The van der Waals surface area contributed by atoms with Crippen molar-refractivity contribution < 1.29 is 0 Å².